The summed E-state index contributed by atoms with van der Waals surface area (Å²) in [6.07, 6.45) is -17.7. The summed E-state index contributed by atoms with van der Waals surface area (Å²) in [4.78, 5) is 0. The van der Waals surface area contributed by atoms with Crippen molar-refractivity contribution in [3.8, 4) is 0 Å². The number of aliphatic hydroxyl groups is 6. The second-order valence-electron chi connectivity index (χ2n) is 16.0. The molecular formula is C35H69N5O18S2. The van der Waals surface area contributed by atoms with Crippen LogP contribution in [0.1, 0.15) is 71.6 Å². The van der Waals surface area contributed by atoms with Gasteiger partial charge in [0.15, 0.2) is 18.9 Å². The molecule has 4 rings (SSSR count). The molecule has 0 aromatic carbocycles. The number of ether oxygens (including phenoxy) is 6. The molecule has 25 heteroatoms. The van der Waals surface area contributed by atoms with Gasteiger partial charge in [0, 0.05) is 18.6 Å². The average Bonchev–Trinajstić information content (AvgIpc) is 3.49. The highest BCUT2D eigenvalue weighted by Crippen LogP contribution is 2.35. The molecule has 0 spiro atoms. The molecule has 16 N–H and O–H groups in total. The summed E-state index contributed by atoms with van der Waals surface area (Å²) in [5.41, 5.74) is 30.7. The van der Waals surface area contributed by atoms with E-state index >= 15 is 0 Å². The summed E-state index contributed by atoms with van der Waals surface area (Å²) in [5, 5.41) is 65.5. The first-order chi connectivity index (χ1) is 28.2. The summed E-state index contributed by atoms with van der Waals surface area (Å²) < 4.78 is 96.9. The minimum Gasteiger partial charge on any atom is -0.389 e. The summed E-state index contributed by atoms with van der Waals surface area (Å²) in [6.45, 7) is 2.31. The van der Waals surface area contributed by atoms with Crippen molar-refractivity contribution in [2.45, 2.75) is 188 Å². The van der Waals surface area contributed by atoms with Gasteiger partial charge < -0.3 is 87.7 Å². The minimum atomic E-state index is -4.10. The van der Waals surface area contributed by atoms with Crippen molar-refractivity contribution >= 4 is 20.2 Å². The molecule has 0 radical (unpaired) electrons. The van der Waals surface area contributed by atoms with Crippen LogP contribution >= 0.6 is 0 Å². The van der Waals surface area contributed by atoms with E-state index in [-0.39, 0.29) is 24.5 Å². The monoisotopic (exact) mass is 911 g/mol. The van der Waals surface area contributed by atoms with Crippen LogP contribution in [0.3, 0.4) is 0 Å². The molecule has 1 unspecified atom stereocenters. The third-order valence-corrected chi connectivity index (χ3v) is 13.8. The largest absolute Gasteiger partial charge is 0.389 e. The lowest BCUT2D eigenvalue weighted by atomic mass is 9.84. The number of aliphatic hydroxyl groups excluding tert-OH is 6. The Hall–Kier alpha value is -0.860. The van der Waals surface area contributed by atoms with Crippen LogP contribution in [0.15, 0.2) is 0 Å². The normalized spacial score (nSPS) is 41.8. The van der Waals surface area contributed by atoms with E-state index in [0.717, 1.165) is 25.7 Å². The standard InChI is InChI=1S/C35H69N5O18S2/c1-3-5-7-9-11-59(47,48)51-15-20-26(43)28(45)23(40)34(54-20)56-30-18(38)13-17(37)24(41)32(30)58-35-29(46)31(57-33-22(39)27(44)25(42)19(14-36)53-33)21(55-35)16-52-60(49,50)12-10-8-6-4-2/h17-35,41-46H,3-16,36-40H2,1-2H3/t17-,18+,19?,20-,21-,22-,23-,24+,25-,26-,27-,28-,29-,30-,31-,32-,33-,34-,35+/m1/s1. The van der Waals surface area contributed by atoms with Gasteiger partial charge in [-0.05, 0) is 19.3 Å². The molecule has 3 heterocycles. The first-order valence-electron chi connectivity index (χ1n) is 20.7. The van der Waals surface area contributed by atoms with Gasteiger partial charge in [-0.25, -0.2) is 0 Å². The fourth-order valence-electron chi connectivity index (χ4n) is 7.54. The Morgan fingerprint density at radius 3 is 1.48 bits per heavy atom. The highest BCUT2D eigenvalue weighted by molar-refractivity contribution is 7.86. The van der Waals surface area contributed by atoms with Crippen molar-refractivity contribution in [3.05, 3.63) is 0 Å². The zero-order valence-corrected chi connectivity index (χ0v) is 35.8. The second-order valence-corrected chi connectivity index (χ2v) is 19.6. The Morgan fingerprint density at radius 2 is 0.967 bits per heavy atom. The predicted molar refractivity (Wildman–Crippen MR) is 210 cm³/mol. The van der Waals surface area contributed by atoms with E-state index < -0.39 is 150 Å². The van der Waals surface area contributed by atoms with E-state index in [1.54, 1.807) is 0 Å². The summed E-state index contributed by atoms with van der Waals surface area (Å²) in [6, 6.07) is -4.85. The molecule has 0 amide bonds. The lowest BCUT2D eigenvalue weighted by Crippen LogP contribution is -2.68. The van der Waals surface area contributed by atoms with Gasteiger partial charge in [0.2, 0.25) is 0 Å². The first-order valence-corrected chi connectivity index (χ1v) is 23.9. The highest BCUT2D eigenvalue weighted by atomic mass is 32.2. The van der Waals surface area contributed by atoms with Gasteiger partial charge in [0.05, 0.1) is 42.9 Å². The van der Waals surface area contributed by atoms with Gasteiger partial charge >= 0.3 is 0 Å². The molecule has 0 aromatic heterocycles. The highest BCUT2D eigenvalue weighted by Gasteiger charge is 2.55. The Labute approximate surface area is 351 Å². The Kier molecular flexibility index (Phi) is 20.2. The maximum Gasteiger partial charge on any atom is 0.267 e. The van der Waals surface area contributed by atoms with Crippen LogP contribution in [0.5, 0.6) is 0 Å². The van der Waals surface area contributed by atoms with E-state index in [0.29, 0.717) is 25.7 Å². The molecule has 354 valence electrons. The third kappa shape index (κ3) is 13.6. The van der Waals surface area contributed by atoms with Crippen molar-refractivity contribution < 1.29 is 84.3 Å². The topological polar surface area (TPSA) is 394 Å². The van der Waals surface area contributed by atoms with Crippen LogP contribution < -0.4 is 28.7 Å². The lowest BCUT2D eigenvalue weighted by Gasteiger charge is -2.47. The van der Waals surface area contributed by atoms with Gasteiger partial charge in [0.25, 0.3) is 20.2 Å². The fraction of sp³-hybridized carbons (Fsp3) is 1.00. The predicted octanol–water partition coefficient (Wildman–Crippen LogP) is -4.99. The fourth-order valence-corrected chi connectivity index (χ4v) is 9.58. The van der Waals surface area contributed by atoms with E-state index in [9.17, 15) is 47.5 Å². The van der Waals surface area contributed by atoms with Crippen molar-refractivity contribution in [1.29, 1.82) is 0 Å². The number of hydrogen-bond donors (Lipinski definition) is 11. The smallest absolute Gasteiger partial charge is 0.267 e. The van der Waals surface area contributed by atoms with Crippen molar-refractivity contribution in [3.63, 3.8) is 0 Å². The molecule has 3 saturated heterocycles. The molecule has 60 heavy (non-hydrogen) atoms. The SMILES string of the molecule is CCCCCCS(=O)(=O)OC[C@H]1O[C@H](O[C@H]2[C@H](O[C@@H]3O[C@H](COS(=O)(=O)CCCCCC)[C@@H](O[C@H]4OC(CN)[C@@H](O)[C@H](O)[C@H]4N)[C@H]3O)[C@@H](O)[C@H](N)C[C@@H]2N)[C@H](N)[C@@H](O)[C@@H]1O. The van der Waals surface area contributed by atoms with Crippen LogP contribution in [-0.2, 0) is 57.0 Å². The van der Waals surface area contributed by atoms with Crippen LogP contribution in [0.25, 0.3) is 0 Å². The number of unbranched alkanes of at least 4 members (excludes halogenated alkanes) is 6. The third-order valence-electron chi connectivity index (χ3n) is 11.3. The molecule has 23 nitrogen and oxygen atoms in total. The second kappa shape index (κ2) is 23.4. The molecule has 1 saturated carbocycles. The maximum absolute atomic E-state index is 12.8. The Balaban J connectivity index is 1.53. The minimum absolute atomic E-state index is 0.0402. The summed E-state index contributed by atoms with van der Waals surface area (Å²) in [5.74, 6) is -0.566. The molecule has 1 aliphatic carbocycles. The van der Waals surface area contributed by atoms with Crippen LogP contribution in [0, 0.1) is 0 Å². The quantitative estimate of drug-likeness (QED) is 0.0338. The molecule has 3 aliphatic heterocycles. The first kappa shape index (κ1) is 51.8. The van der Waals surface area contributed by atoms with Crippen molar-refractivity contribution in [1.82, 2.24) is 0 Å². The van der Waals surface area contributed by atoms with Crippen LogP contribution in [0.2, 0.25) is 0 Å². The van der Waals surface area contributed by atoms with Gasteiger partial charge in [-0.1, -0.05) is 52.4 Å². The van der Waals surface area contributed by atoms with E-state index in [1.807, 2.05) is 13.8 Å². The lowest BCUT2D eigenvalue weighted by molar-refractivity contribution is -0.310. The van der Waals surface area contributed by atoms with Crippen molar-refractivity contribution in [2.75, 3.05) is 31.3 Å². The molecular weight excluding hydrogens is 843 g/mol. The Bertz CT molecular complexity index is 1510. The van der Waals surface area contributed by atoms with E-state index in [2.05, 4.69) is 0 Å². The zero-order valence-electron chi connectivity index (χ0n) is 34.2. The van der Waals surface area contributed by atoms with E-state index in [4.69, 9.17) is 65.5 Å². The van der Waals surface area contributed by atoms with Crippen LogP contribution in [0.4, 0.5) is 0 Å². The van der Waals surface area contributed by atoms with Gasteiger partial charge in [-0.2, -0.15) is 16.8 Å². The van der Waals surface area contributed by atoms with Gasteiger partial charge in [-0.3, -0.25) is 8.37 Å². The van der Waals surface area contributed by atoms with Crippen molar-refractivity contribution in [2.24, 2.45) is 28.7 Å². The van der Waals surface area contributed by atoms with Crippen LogP contribution in [-0.4, -0.2) is 195 Å². The zero-order chi connectivity index (χ0) is 44.5. The molecule has 19 atom stereocenters. The van der Waals surface area contributed by atoms with E-state index in [1.165, 1.54) is 0 Å². The summed E-state index contributed by atoms with van der Waals surface area (Å²) >= 11 is 0. The molecule has 4 fully saturated rings. The molecule has 0 bridgehead atoms. The van der Waals surface area contributed by atoms with Gasteiger partial charge in [-0.15, -0.1) is 0 Å². The molecule has 4 aliphatic rings. The number of hydrogen-bond acceptors (Lipinski definition) is 23. The van der Waals surface area contributed by atoms with Gasteiger partial charge in [0.1, 0.15) is 67.1 Å². The average molecular weight is 912 g/mol. The Morgan fingerprint density at radius 1 is 0.517 bits per heavy atom. The molecule has 0 aromatic rings. The number of nitrogens with two attached hydrogens (primary N) is 5. The number of rotatable bonds is 23. The maximum atomic E-state index is 12.8. The summed E-state index contributed by atoms with van der Waals surface area (Å²) in [7, 11) is -8.12.